The topological polar surface area (TPSA) is 44.4 Å². The number of amides is 1. The minimum atomic E-state index is -0.247. The SMILES string of the molecule is CCCNCc1cc(F)ccc1N(CCC)CC(=O)NC. The van der Waals surface area contributed by atoms with Crippen LogP contribution in [0, 0.1) is 5.82 Å². The van der Waals surface area contributed by atoms with Crippen LogP contribution in [0.5, 0.6) is 0 Å². The van der Waals surface area contributed by atoms with E-state index in [-0.39, 0.29) is 18.3 Å². The van der Waals surface area contributed by atoms with Crippen molar-refractivity contribution in [3.63, 3.8) is 0 Å². The van der Waals surface area contributed by atoms with Gasteiger partial charge in [0.1, 0.15) is 5.82 Å². The average molecular weight is 295 g/mol. The van der Waals surface area contributed by atoms with Gasteiger partial charge in [0.15, 0.2) is 0 Å². The minimum Gasteiger partial charge on any atom is -0.362 e. The maximum Gasteiger partial charge on any atom is 0.239 e. The molecular weight excluding hydrogens is 269 g/mol. The number of anilines is 1. The van der Waals surface area contributed by atoms with Crippen molar-refractivity contribution in [2.45, 2.75) is 33.2 Å². The summed E-state index contributed by atoms with van der Waals surface area (Å²) >= 11 is 0. The highest BCUT2D eigenvalue weighted by Crippen LogP contribution is 2.22. The Morgan fingerprint density at radius 3 is 2.67 bits per heavy atom. The van der Waals surface area contributed by atoms with Gasteiger partial charge < -0.3 is 15.5 Å². The average Bonchev–Trinajstić information content (AvgIpc) is 2.47. The van der Waals surface area contributed by atoms with E-state index in [2.05, 4.69) is 24.5 Å². The van der Waals surface area contributed by atoms with Gasteiger partial charge in [0.25, 0.3) is 0 Å². The van der Waals surface area contributed by atoms with Crippen molar-refractivity contribution in [2.75, 3.05) is 31.6 Å². The molecule has 0 aromatic heterocycles. The van der Waals surface area contributed by atoms with E-state index >= 15 is 0 Å². The van der Waals surface area contributed by atoms with E-state index in [9.17, 15) is 9.18 Å². The highest BCUT2D eigenvalue weighted by Gasteiger charge is 2.14. The van der Waals surface area contributed by atoms with Crippen molar-refractivity contribution < 1.29 is 9.18 Å². The summed E-state index contributed by atoms with van der Waals surface area (Å²) in [4.78, 5) is 13.7. The van der Waals surface area contributed by atoms with Crippen LogP contribution in [0.3, 0.4) is 0 Å². The van der Waals surface area contributed by atoms with Gasteiger partial charge in [0.05, 0.1) is 6.54 Å². The smallest absolute Gasteiger partial charge is 0.239 e. The highest BCUT2D eigenvalue weighted by atomic mass is 19.1. The number of carbonyl (C=O) groups excluding carboxylic acids is 1. The van der Waals surface area contributed by atoms with Gasteiger partial charge in [-0.05, 0) is 43.1 Å². The molecule has 0 saturated carbocycles. The lowest BCUT2D eigenvalue weighted by molar-refractivity contribution is -0.119. The number of carbonyl (C=O) groups is 1. The molecule has 0 bridgehead atoms. The Morgan fingerprint density at radius 2 is 2.05 bits per heavy atom. The van der Waals surface area contributed by atoms with Crippen LogP contribution >= 0.6 is 0 Å². The van der Waals surface area contributed by atoms with Gasteiger partial charge in [-0.1, -0.05) is 13.8 Å². The van der Waals surface area contributed by atoms with Crippen LogP contribution in [0.1, 0.15) is 32.3 Å². The fraction of sp³-hybridized carbons (Fsp3) is 0.562. The minimum absolute atomic E-state index is 0.0414. The number of nitrogens with zero attached hydrogens (tertiary/aromatic N) is 1. The molecule has 1 rings (SSSR count). The van der Waals surface area contributed by atoms with E-state index in [1.807, 2.05) is 4.90 Å². The quantitative estimate of drug-likeness (QED) is 0.687. The molecule has 5 heteroatoms. The second kappa shape index (κ2) is 9.34. The maximum atomic E-state index is 13.5. The summed E-state index contributed by atoms with van der Waals surface area (Å²) in [6.07, 6.45) is 1.96. The standard InChI is InChI=1S/C16H26FN3O/c1-4-8-19-11-13-10-14(17)6-7-15(13)20(9-5-2)12-16(21)18-3/h6-7,10,19H,4-5,8-9,11-12H2,1-3H3,(H,18,21). The molecule has 0 aliphatic carbocycles. The van der Waals surface area contributed by atoms with Crippen LogP contribution in [0.25, 0.3) is 0 Å². The van der Waals surface area contributed by atoms with Gasteiger partial charge in [0.2, 0.25) is 5.91 Å². The number of hydrogen-bond acceptors (Lipinski definition) is 3. The molecule has 2 N–H and O–H groups in total. The van der Waals surface area contributed by atoms with E-state index in [1.54, 1.807) is 19.2 Å². The molecule has 0 atom stereocenters. The third-order valence-corrected chi connectivity index (χ3v) is 3.23. The second-order valence-electron chi connectivity index (χ2n) is 5.04. The van der Waals surface area contributed by atoms with Crippen LogP contribution in [-0.4, -0.2) is 32.6 Å². The number of rotatable bonds is 9. The fourth-order valence-electron chi connectivity index (χ4n) is 2.21. The molecule has 1 aromatic rings. The summed E-state index contributed by atoms with van der Waals surface area (Å²) < 4.78 is 13.5. The first kappa shape index (κ1) is 17.4. The molecular formula is C16H26FN3O. The van der Waals surface area contributed by atoms with Crippen molar-refractivity contribution in [3.05, 3.63) is 29.6 Å². The number of halogens is 1. The predicted molar refractivity (Wildman–Crippen MR) is 85.0 cm³/mol. The van der Waals surface area contributed by atoms with Crippen molar-refractivity contribution in [3.8, 4) is 0 Å². The van der Waals surface area contributed by atoms with Gasteiger partial charge in [0, 0.05) is 25.8 Å². The summed E-state index contributed by atoms with van der Waals surface area (Å²) in [7, 11) is 1.63. The molecule has 118 valence electrons. The van der Waals surface area contributed by atoms with E-state index in [0.29, 0.717) is 6.54 Å². The van der Waals surface area contributed by atoms with Gasteiger partial charge in [-0.25, -0.2) is 4.39 Å². The molecule has 0 saturated heterocycles. The molecule has 0 aliphatic rings. The van der Waals surface area contributed by atoms with Gasteiger partial charge >= 0.3 is 0 Å². The third-order valence-electron chi connectivity index (χ3n) is 3.23. The Bertz CT molecular complexity index is 451. The molecule has 0 radical (unpaired) electrons. The lowest BCUT2D eigenvalue weighted by Crippen LogP contribution is -2.37. The van der Waals surface area contributed by atoms with E-state index in [0.717, 1.165) is 37.2 Å². The fourth-order valence-corrected chi connectivity index (χ4v) is 2.21. The Hall–Kier alpha value is -1.62. The normalized spacial score (nSPS) is 10.5. The highest BCUT2D eigenvalue weighted by molar-refractivity contribution is 5.81. The lowest BCUT2D eigenvalue weighted by atomic mass is 10.1. The summed E-state index contributed by atoms with van der Waals surface area (Å²) in [5.74, 6) is -0.288. The molecule has 0 fully saturated rings. The van der Waals surface area contributed by atoms with E-state index < -0.39 is 0 Å². The van der Waals surface area contributed by atoms with Crippen molar-refractivity contribution >= 4 is 11.6 Å². The van der Waals surface area contributed by atoms with Crippen molar-refractivity contribution in [2.24, 2.45) is 0 Å². The number of hydrogen-bond donors (Lipinski definition) is 2. The first-order valence-corrected chi connectivity index (χ1v) is 7.57. The Kier molecular flexibility index (Phi) is 7.75. The summed E-state index contributed by atoms with van der Waals surface area (Å²) in [5.41, 5.74) is 1.81. The van der Waals surface area contributed by atoms with Crippen LogP contribution in [0.4, 0.5) is 10.1 Å². The predicted octanol–water partition coefficient (Wildman–Crippen LogP) is 2.29. The third kappa shape index (κ3) is 5.71. The molecule has 0 spiro atoms. The Morgan fingerprint density at radius 1 is 1.29 bits per heavy atom. The van der Waals surface area contributed by atoms with Gasteiger partial charge in [-0.2, -0.15) is 0 Å². The second-order valence-corrected chi connectivity index (χ2v) is 5.04. The van der Waals surface area contributed by atoms with Gasteiger partial charge in [-0.15, -0.1) is 0 Å². The van der Waals surface area contributed by atoms with Crippen molar-refractivity contribution in [1.82, 2.24) is 10.6 Å². The Balaban J connectivity index is 2.96. The Labute approximate surface area is 126 Å². The number of nitrogens with one attached hydrogen (secondary N) is 2. The monoisotopic (exact) mass is 295 g/mol. The number of benzene rings is 1. The molecule has 21 heavy (non-hydrogen) atoms. The molecule has 4 nitrogen and oxygen atoms in total. The van der Waals surface area contributed by atoms with Crippen LogP contribution in [0.2, 0.25) is 0 Å². The molecule has 0 unspecified atom stereocenters. The van der Waals surface area contributed by atoms with E-state index in [1.165, 1.54) is 6.07 Å². The first-order chi connectivity index (χ1) is 10.1. The molecule has 0 heterocycles. The van der Waals surface area contributed by atoms with Gasteiger partial charge in [-0.3, -0.25) is 4.79 Å². The zero-order valence-electron chi connectivity index (χ0n) is 13.2. The van der Waals surface area contributed by atoms with Crippen LogP contribution in [-0.2, 0) is 11.3 Å². The van der Waals surface area contributed by atoms with Crippen molar-refractivity contribution in [1.29, 1.82) is 0 Å². The number of likely N-dealkylation sites (N-methyl/N-ethyl adjacent to an activating group) is 1. The maximum absolute atomic E-state index is 13.5. The largest absolute Gasteiger partial charge is 0.362 e. The van der Waals surface area contributed by atoms with Crippen LogP contribution < -0.4 is 15.5 Å². The lowest BCUT2D eigenvalue weighted by Gasteiger charge is -2.26. The van der Waals surface area contributed by atoms with E-state index in [4.69, 9.17) is 0 Å². The molecule has 0 aliphatic heterocycles. The van der Waals surface area contributed by atoms with Crippen LogP contribution in [0.15, 0.2) is 18.2 Å². The summed E-state index contributed by atoms with van der Waals surface area (Å²) in [6, 6.07) is 4.76. The molecule has 1 aromatic carbocycles. The summed E-state index contributed by atoms with van der Waals surface area (Å²) in [5, 5.41) is 5.93. The zero-order chi connectivity index (χ0) is 15.7. The zero-order valence-corrected chi connectivity index (χ0v) is 13.2. The molecule has 1 amide bonds. The summed E-state index contributed by atoms with van der Waals surface area (Å²) in [6.45, 7) is 6.70. The first-order valence-electron chi connectivity index (χ1n) is 7.57.